The van der Waals surface area contributed by atoms with Crippen LogP contribution in [0.5, 0.6) is 0 Å². The lowest BCUT2D eigenvalue weighted by Crippen LogP contribution is -2.07. The highest BCUT2D eigenvalue weighted by molar-refractivity contribution is 7.99. The summed E-state index contributed by atoms with van der Waals surface area (Å²) in [5.41, 5.74) is 1.42. The van der Waals surface area contributed by atoms with E-state index >= 15 is 0 Å². The van der Waals surface area contributed by atoms with Gasteiger partial charge in [0, 0.05) is 17.0 Å². The van der Waals surface area contributed by atoms with E-state index in [4.69, 9.17) is 16.3 Å². The number of esters is 1. The molecular weight excluding hydrogens is 308 g/mol. The number of hydrogen-bond donors (Lipinski definition) is 0. The van der Waals surface area contributed by atoms with E-state index < -0.39 is 0 Å². The quantitative estimate of drug-likeness (QED) is 0.577. The van der Waals surface area contributed by atoms with E-state index in [0.717, 1.165) is 17.1 Å². The van der Waals surface area contributed by atoms with Crippen molar-refractivity contribution in [1.82, 2.24) is 9.78 Å². The molecule has 0 aliphatic heterocycles. The van der Waals surface area contributed by atoms with Gasteiger partial charge in [-0.3, -0.25) is 4.68 Å². The highest BCUT2D eigenvalue weighted by Gasteiger charge is 2.10. The first-order chi connectivity index (χ1) is 10.2. The number of benzene rings is 1. The summed E-state index contributed by atoms with van der Waals surface area (Å²) in [5, 5.41) is 4.86. The lowest BCUT2D eigenvalue weighted by molar-refractivity contribution is 0.0530. The molecule has 0 radical (unpaired) electrons. The minimum atomic E-state index is -0.336. The summed E-state index contributed by atoms with van der Waals surface area (Å²) < 4.78 is 6.86. The third kappa shape index (κ3) is 4.79. The van der Waals surface area contributed by atoms with E-state index in [1.165, 1.54) is 6.20 Å². The molecule has 2 aromatic rings. The number of carbonyl (C=O) groups is 1. The Labute approximate surface area is 133 Å². The van der Waals surface area contributed by atoms with E-state index in [0.29, 0.717) is 23.7 Å². The lowest BCUT2D eigenvalue weighted by atomic mass is 10.2. The molecule has 0 atom stereocenters. The summed E-state index contributed by atoms with van der Waals surface area (Å²) in [6.45, 7) is 3.02. The molecule has 0 bridgehead atoms. The van der Waals surface area contributed by atoms with E-state index in [-0.39, 0.29) is 5.97 Å². The Morgan fingerprint density at radius 2 is 2.24 bits per heavy atom. The third-order valence-electron chi connectivity index (χ3n) is 2.82. The SMILES string of the molecule is CCSCCOC(=O)c1cnn(Cc2ccccc2Cl)c1. The smallest absolute Gasteiger partial charge is 0.341 e. The first-order valence-corrected chi connectivity index (χ1v) is 8.24. The summed E-state index contributed by atoms with van der Waals surface area (Å²) in [5.74, 6) is 1.50. The summed E-state index contributed by atoms with van der Waals surface area (Å²) in [4.78, 5) is 11.8. The van der Waals surface area contributed by atoms with E-state index in [1.807, 2.05) is 24.3 Å². The molecule has 0 amide bonds. The van der Waals surface area contributed by atoms with Crippen molar-refractivity contribution in [2.75, 3.05) is 18.1 Å². The van der Waals surface area contributed by atoms with Crippen molar-refractivity contribution in [3.63, 3.8) is 0 Å². The van der Waals surface area contributed by atoms with Crippen LogP contribution in [0.1, 0.15) is 22.8 Å². The van der Waals surface area contributed by atoms with Crippen LogP contribution in [0.25, 0.3) is 0 Å². The molecule has 0 aliphatic rings. The minimum absolute atomic E-state index is 0.336. The van der Waals surface area contributed by atoms with Gasteiger partial charge in [-0.25, -0.2) is 4.79 Å². The van der Waals surface area contributed by atoms with Gasteiger partial charge >= 0.3 is 5.97 Å². The second-order valence-electron chi connectivity index (χ2n) is 4.35. The van der Waals surface area contributed by atoms with Crippen LogP contribution < -0.4 is 0 Å². The fraction of sp³-hybridized carbons (Fsp3) is 0.333. The maximum Gasteiger partial charge on any atom is 0.341 e. The predicted octanol–water partition coefficient (Wildman–Crippen LogP) is 3.49. The van der Waals surface area contributed by atoms with E-state index in [2.05, 4.69) is 12.0 Å². The first-order valence-electron chi connectivity index (χ1n) is 6.71. The summed E-state index contributed by atoms with van der Waals surface area (Å²) in [6.07, 6.45) is 3.20. The molecule has 0 aliphatic carbocycles. The van der Waals surface area contributed by atoms with Crippen LogP contribution in [0.15, 0.2) is 36.7 Å². The van der Waals surface area contributed by atoms with Crippen molar-refractivity contribution in [1.29, 1.82) is 0 Å². The third-order valence-corrected chi connectivity index (χ3v) is 4.06. The molecule has 1 heterocycles. The molecule has 2 rings (SSSR count). The van der Waals surface area contributed by atoms with Gasteiger partial charge in [-0.15, -0.1) is 0 Å². The van der Waals surface area contributed by atoms with Crippen LogP contribution in [0.4, 0.5) is 0 Å². The maximum atomic E-state index is 11.8. The predicted molar refractivity (Wildman–Crippen MR) is 86.1 cm³/mol. The monoisotopic (exact) mass is 324 g/mol. The molecule has 0 N–H and O–H groups in total. The fourth-order valence-corrected chi connectivity index (χ4v) is 2.46. The standard InChI is InChI=1S/C15H17ClN2O2S/c1-2-21-8-7-20-15(19)13-9-17-18(11-13)10-12-5-3-4-6-14(12)16/h3-6,9,11H,2,7-8,10H2,1H3. The molecule has 0 unspecified atom stereocenters. The Bertz CT molecular complexity index is 601. The molecule has 0 saturated carbocycles. The molecule has 21 heavy (non-hydrogen) atoms. The van der Waals surface area contributed by atoms with Gasteiger partial charge in [0.15, 0.2) is 0 Å². The number of thioether (sulfide) groups is 1. The Morgan fingerprint density at radius 1 is 1.43 bits per heavy atom. The lowest BCUT2D eigenvalue weighted by Gasteiger charge is -2.04. The number of rotatable bonds is 7. The number of halogens is 1. The highest BCUT2D eigenvalue weighted by Crippen LogP contribution is 2.16. The zero-order valence-corrected chi connectivity index (χ0v) is 13.4. The molecule has 0 saturated heterocycles. The van der Waals surface area contributed by atoms with Crippen molar-refractivity contribution >= 4 is 29.3 Å². The van der Waals surface area contributed by atoms with Gasteiger partial charge < -0.3 is 4.74 Å². The van der Waals surface area contributed by atoms with Gasteiger partial charge in [0.1, 0.15) is 6.61 Å². The average molecular weight is 325 g/mol. The van der Waals surface area contributed by atoms with E-state index in [1.54, 1.807) is 22.6 Å². The zero-order valence-electron chi connectivity index (χ0n) is 11.8. The Kier molecular flexibility index (Phi) is 6.14. The van der Waals surface area contributed by atoms with Gasteiger partial charge in [0.2, 0.25) is 0 Å². The number of carbonyl (C=O) groups excluding carboxylic acids is 1. The largest absolute Gasteiger partial charge is 0.461 e. The van der Waals surface area contributed by atoms with Crippen molar-refractivity contribution in [3.05, 3.63) is 52.8 Å². The van der Waals surface area contributed by atoms with Crippen molar-refractivity contribution in [2.45, 2.75) is 13.5 Å². The van der Waals surface area contributed by atoms with Gasteiger partial charge in [-0.05, 0) is 17.4 Å². The molecule has 0 spiro atoms. The molecule has 6 heteroatoms. The van der Waals surface area contributed by atoms with Crippen LogP contribution in [-0.4, -0.2) is 33.9 Å². The topological polar surface area (TPSA) is 44.1 Å². The minimum Gasteiger partial charge on any atom is -0.461 e. The molecular formula is C15H17ClN2O2S. The molecule has 1 aromatic heterocycles. The number of ether oxygens (including phenoxy) is 1. The van der Waals surface area contributed by atoms with E-state index in [9.17, 15) is 4.79 Å². The molecule has 1 aromatic carbocycles. The normalized spacial score (nSPS) is 10.6. The molecule has 0 fully saturated rings. The number of nitrogens with zero attached hydrogens (tertiary/aromatic N) is 2. The molecule has 112 valence electrons. The summed E-state index contributed by atoms with van der Waals surface area (Å²) >= 11 is 7.85. The van der Waals surface area contributed by atoms with Gasteiger partial charge in [0.05, 0.1) is 18.3 Å². The van der Waals surface area contributed by atoms with Gasteiger partial charge in [0.25, 0.3) is 0 Å². The van der Waals surface area contributed by atoms with Crippen LogP contribution in [0.3, 0.4) is 0 Å². The van der Waals surface area contributed by atoms with Crippen LogP contribution in [-0.2, 0) is 11.3 Å². The summed E-state index contributed by atoms with van der Waals surface area (Å²) in [7, 11) is 0. The average Bonchev–Trinajstić information content (AvgIpc) is 2.94. The Balaban J connectivity index is 1.92. The molecule has 4 nitrogen and oxygen atoms in total. The zero-order chi connectivity index (χ0) is 15.1. The number of aromatic nitrogens is 2. The Morgan fingerprint density at radius 3 is 3.00 bits per heavy atom. The second kappa shape index (κ2) is 8.10. The fourth-order valence-electron chi connectivity index (χ4n) is 1.78. The van der Waals surface area contributed by atoms with Crippen LogP contribution in [0.2, 0.25) is 5.02 Å². The second-order valence-corrected chi connectivity index (χ2v) is 6.15. The van der Waals surface area contributed by atoms with Crippen molar-refractivity contribution in [2.24, 2.45) is 0 Å². The Hall–Kier alpha value is -1.46. The number of hydrogen-bond acceptors (Lipinski definition) is 4. The van der Waals surface area contributed by atoms with Crippen molar-refractivity contribution < 1.29 is 9.53 Å². The first kappa shape index (κ1) is 15.9. The maximum absolute atomic E-state index is 11.8. The summed E-state index contributed by atoms with van der Waals surface area (Å²) in [6, 6.07) is 7.57. The van der Waals surface area contributed by atoms with Crippen LogP contribution >= 0.6 is 23.4 Å². The van der Waals surface area contributed by atoms with Gasteiger partial charge in [-0.1, -0.05) is 36.7 Å². The van der Waals surface area contributed by atoms with Crippen LogP contribution in [0, 0.1) is 0 Å². The van der Waals surface area contributed by atoms with Crippen molar-refractivity contribution in [3.8, 4) is 0 Å². The highest BCUT2D eigenvalue weighted by atomic mass is 35.5. The van der Waals surface area contributed by atoms with Gasteiger partial charge in [-0.2, -0.15) is 16.9 Å².